The molecule has 6 nitrogen and oxygen atoms in total. The van der Waals surface area contributed by atoms with E-state index in [1.54, 1.807) is 6.07 Å². The first-order valence-electron chi connectivity index (χ1n) is 8.49. The molecule has 1 heterocycles. The minimum absolute atomic E-state index is 0.0930. The van der Waals surface area contributed by atoms with Gasteiger partial charge in [-0.05, 0) is 49.7 Å². The largest absolute Gasteiger partial charge is 0.322 e. The molecule has 1 aliphatic rings. The topological polar surface area (TPSA) is 75.5 Å². The molecule has 1 fully saturated rings. The number of nitrogens with zero attached hydrogens (tertiary/aromatic N) is 2. The first kappa shape index (κ1) is 17.1. The number of amides is 1. The number of nitro benzene ring substituents is 1. The van der Waals surface area contributed by atoms with Crippen LogP contribution in [0.2, 0.25) is 0 Å². The van der Waals surface area contributed by atoms with Crippen molar-refractivity contribution in [3.63, 3.8) is 0 Å². The summed E-state index contributed by atoms with van der Waals surface area (Å²) in [6, 6.07) is 13.5. The van der Waals surface area contributed by atoms with Gasteiger partial charge in [0.1, 0.15) is 0 Å². The highest BCUT2D eigenvalue weighted by molar-refractivity contribution is 6.04. The fourth-order valence-electron chi connectivity index (χ4n) is 3.03. The third-order valence-electron chi connectivity index (χ3n) is 4.39. The van der Waals surface area contributed by atoms with E-state index in [0.717, 1.165) is 19.6 Å². The number of rotatable bonds is 5. The molecule has 2 aromatic carbocycles. The number of carbonyl (C=O) groups is 1. The van der Waals surface area contributed by atoms with Crippen molar-refractivity contribution in [2.75, 3.05) is 18.4 Å². The van der Waals surface area contributed by atoms with Crippen LogP contribution in [0.25, 0.3) is 0 Å². The van der Waals surface area contributed by atoms with Gasteiger partial charge in [-0.3, -0.25) is 19.8 Å². The van der Waals surface area contributed by atoms with Gasteiger partial charge in [0.15, 0.2) is 0 Å². The van der Waals surface area contributed by atoms with Crippen LogP contribution in [-0.4, -0.2) is 28.8 Å². The number of likely N-dealkylation sites (tertiary alicyclic amines) is 1. The zero-order chi connectivity index (χ0) is 17.6. The van der Waals surface area contributed by atoms with E-state index in [4.69, 9.17) is 0 Å². The van der Waals surface area contributed by atoms with Crippen LogP contribution in [-0.2, 0) is 6.54 Å². The van der Waals surface area contributed by atoms with E-state index in [0.29, 0.717) is 5.69 Å². The van der Waals surface area contributed by atoms with Crippen molar-refractivity contribution in [1.29, 1.82) is 0 Å². The number of nitrogens with one attached hydrogen (secondary N) is 1. The lowest BCUT2D eigenvalue weighted by Gasteiger charge is -2.26. The van der Waals surface area contributed by atoms with Gasteiger partial charge in [-0.2, -0.15) is 0 Å². The van der Waals surface area contributed by atoms with Crippen molar-refractivity contribution in [2.24, 2.45) is 0 Å². The van der Waals surface area contributed by atoms with Gasteiger partial charge in [-0.15, -0.1) is 0 Å². The molecule has 2 aromatic rings. The van der Waals surface area contributed by atoms with E-state index in [2.05, 4.69) is 10.2 Å². The second-order valence-corrected chi connectivity index (χ2v) is 6.30. The quantitative estimate of drug-likeness (QED) is 0.663. The average molecular weight is 339 g/mol. The zero-order valence-electron chi connectivity index (χ0n) is 14.0. The highest BCUT2D eigenvalue weighted by Gasteiger charge is 2.12. The van der Waals surface area contributed by atoms with E-state index in [1.807, 2.05) is 24.3 Å². The number of nitro groups is 1. The monoisotopic (exact) mass is 339 g/mol. The van der Waals surface area contributed by atoms with Crippen LogP contribution in [0.3, 0.4) is 0 Å². The molecule has 0 saturated carbocycles. The number of hydrogen-bond acceptors (Lipinski definition) is 4. The van der Waals surface area contributed by atoms with E-state index in [-0.39, 0.29) is 17.2 Å². The van der Waals surface area contributed by atoms with Crippen molar-refractivity contribution >= 4 is 17.3 Å². The maximum atomic E-state index is 12.2. The maximum Gasteiger partial charge on any atom is 0.270 e. The summed E-state index contributed by atoms with van der Waals surface area (Å²) in [5, 5.41) is 13.6. The van der Waals surface area contributed by atoms with Crippen molar-refractivity contribution in [2.45, 2.75) is 25.8 Å². The Kier molecular flexibility index (Phi) is 5.40. The molecule has 1 N–H and O–H groups in total. The Bertz CT molecular complexity index is 753. The fraction of sp³-hybridized carbons (Fsp3) is 0.316. The van der Waals surface area contributed by atoms with Crippen LogP contribution in [0, 0.1) is 10.1 Å². The van der Waals surface area contributed by atoms with Gasteiger partial charge >= 0.3 is 0 Å². The van der Waals surface area contributed by atoms with Gasteiger partial charge in [-0.1, -0.05) is 24.6 Å². The first-order chi connectivity index (χ1) is 12.1. The molecule has 0 aliphatic carbocycles. The number of anilines is 1. The number of non-ortho nitro benzene ring substituents is 1. The smallest absolute Gasteiger partial charge is 0.270 e. The van der Waals surface area contributed by atoms with Gasteiger partial charge < -0.3 is 5.32 Å². The Morgan fingerprint density at radius 3 is 2.48 bits per heavy atom. The van der Waals surface area contributed by atoms with Crippen molar-refractivity contribution in [1.82, 2.24) is 4.90 Å². The molecular weight excluding hydrogens is 318 g/mol. The molecule has 0 bridgehead atoms. The number of hydrogen-bond donors (Lipinski definition) is 1. The van der Waals surface area contributed by atoms with Gasteiger partial charge in [-0.25, -0.2) is 0 Å². The first-order valence-corrected chi connectivity index (χ1v) is 8.49. The number of carbonyl (C=O) groups excluding carboxylic acids is 1. The molecule has 3 rings (SSSR count). The molecule has 6 heteroatoms. The lowest BCUT2D eigenvalue weighted by Crippen LogP contribution is -2.29. The predicted octanol–water partition coefficient (Wildman–Crippen LogP) is 3.83. The summed E-state index contributed by atoms with van der Waals surface area (Å²) in [6.45, 7) is 3.22. The van der Waals surface area contributed by atoms with Gasteiger partial charge in [0.05, 0.1) is 4.92 Å². The minimum atomic E-state index is -0.508. The van der Waals surface area contributed by atoms with Crippen LogP contribution in [0.15, 0.2) is 48.5 Å². The van der Waals surface area contributed by atoms with Gasteiger partial charge in [0.25, 0.3) is 11.6 Å². The number of piperidine rings is 1. The van der Waals surface area contributed by atoms with Crippen LogP contribution in [0.4, 0.5) is 11.4 Å². The Balaban J connectivity index is 1.61. The molecule has 0 unspecified atom stereocenters. The lowest BCUT2D eigenvalue weighted by atomic mass is 10.1. The second-order valence-electron chi connectivity index (χ2n) is 6.30. The van der Waals surface area contributed by atoms with Crippen molar-refractivity contribution in [3.8, 4) is 0 Å². The van der Waals surface area contributed by atoms with Gasteiger partial charge in [0.2, 0.25) is 0 Å². The lowest BCUT2D eigenvalue weighted by molar-refractivity contribution is -0.384. The third-order valence-corrected chi connectivity index (χ3v) is 4.39. The summed E-state index contributed by atoms with van der Waals surface area (Å²) < 4.78 is 0. The van der Waals surface area contributed by atoms with Gasteiger partial charge in [0, 0.05) is 29.9 Å². The molecule has 0 atom stereocenters. The second kappa shape index (κ2) is 7.90. The summed E-state index contributed by atoms with van der Waals surface area (Å²) in [4.78, 5) is 25.0. The van der Waals surface area contributed by atoms with Crippen LogP contribution in [0.5, 0.6) is 0 Å². The highest BCUT2D eigenvalue weighted by Crippen LogP contribution is 2.17. The molecule has 1 saturated heterocycles. The van der Waals surface area contributed by atoms with Crippen LogP contribution >= 0.6 is 0 Å². The molecule has 0 spiro atoms. The molecule has 1 aliphatic heterocycles. The summed E-state index contributed by atoms with van der Waals surface area (Å²) >= 11 is 0. The number of benzene rings is 2. The standard InChI is InChI=1S/C19H21N3O3/c23-19(16-5-4-6-18(13-16)22(24)25)20-17-9-7-15(8-10-17)14-21-11-2-1-3-12-21/h4-10,13H,1-3,11-12,14H2,(H,20,23). The van der Waals surface area contributed by atoms with Crippen molar-refractivity contribution in [3.05, 3.63) is 69.8 Å². The maximum absolute atomic E-state index is 12.2. The summed E-state index contributed by atoms with van der Waals surface area (Å²) in [5.41, 5.74) is 2.07. The molecule has 1 amide bonds. The fourth-order valence-corrected chi connectivity index (χ4v) is 3.03. The molecule has 130 valence electrons. The van der Waals surface area contributed by atoms with Crippen molar-refractivity contribution < 1.29 is 9.72 Å². The summed E-state index contributed by atoms with van der Waals surface area (Å²) in [7, 11) is 0. The molecule has 0 radical (unpaired) electrons. The Labute approximate surface area is 146 Å². The Morgan fingerprint density at radius 2 is 1.80 bits per heavy atom. The average Bonchev–Trinajstić information content (AvgIpc) is 2.64. The minimum Gasteiger partial charge on any atom is -0.322 e. The van der Waals surface area contributed by atoms with Crippen LogP contribution in [0.1, 0.15) is 35.2 Å². The molecule has 0 aromatic heterocycles. The summed E-state index contributed by atoms with van der Waals surface area (Å²) in [5.74, 6) is -0.354. The predicted molar refractivity (Wildman–Crippen MR) is 96.6 cm³/mol. The normalized spacial score (nSPS) is 14.9. The highest BCUT2D eigenvalue weighted by atomic mass is 16.6. The third kappa shape index (κ3) is 4.64. The Morgan fingerprint density at radius 1 is 1.08 bits per heavy atom. The van der Waals surface area contributed by atoms with E-state index in [1.165, 1.54) is 43.0 Å². The van der Waals surface area contributed by atoms with Crippen LogP contribution < -0.4 is 5.32 Å². The SMILES string of the molecule is O=C(Nc1ccc(CN2CCCCC2)cc1)c1cccc([N+](=O)[O-])c1. The summed E-state index contributed by atoms with van der Waals surface area (Å²) in [6.07, 6.45) is 3.84. The Hall–Kier alpha value is -2.73. The molecule has 25 heavy (non-hydrogen) atoms. The molecular formula is C19H21N3O3. The van der Waals surface area contributed by atoms with E-state index in [9.17, 15) is 14.9 Å². The van der Waals surface area contributed by atoms with E-state index < -0.39 is 4.92 Å². The zero-order valence-corrected chi connectivity index (χ0v) is 14.0. The van der Waals surface area contributed by atoms with E-state index >= 15 is 0 Å².